The highest BCUT2D eigenvalue weighted by molar-refractivity contribution is 5.77. The van der Waals surface area contributed by atoms with Gasteiger partial charge in [-0.15, -0.1) is 0 Å². The Bertz CT molecular complexity index is 479. The Kier molecular flexibility index (Phi) is 6.03. The van der Waals surface area contributed by atoms with Gasteiger partial charge in [0.1, 0.15) is 0 Å². The summed E-state index contributed by atoms with van der Waals surface area (Å²) in [6, 6.07) is 5.73. The van der Waals surface area contributed by atoms with Crippen LogP contribution in [0.15, 0.2) is 18.2 Å². The smallest absolute Gasteiger partial charge is 0.259 e. The number of rotatable bonds is 6. The summed E-state index contributed by atoms with van der Waals surface area (Å²) in [6.07, 6.45) is 0. The molecule has 0 saturated carbocycles. The Morgan fingerprint density at radius 3 is 2.43 bits per heavy atom. The first-order valence-electron chi connectivity index (χ1n) is 6.98. The van der Waals surface area contributed by atoms with Gasteiger partial charge in [0.05, 0.1) is 7.11 Å². The van der Waals surface area contributed by atoms with Crippen LogP contribution in [0.4, 0.5) is 0 Å². The summed E-state index contributed by atoms with van der Waals surface area (Å²) in [5, 5.41) is 3.42. The number of likely N-dealkylation sites (N-methyl/N-ethyl adjacent to an activating group) is 1. The molecule has 1 aromatic carbocycles. The number of hydrogen-bond donors (Lipinski definition) is 1. The molecule has 1 rings (SSSR count). The minimum atomic E-state index is -0.0875. The van der Waals surface area contributed by atoms with Crippen molar-refractivity contribution in [1.29, 1.82) is 0 Å². The van der Waals surface area contributed by atoms with Crippen LogP contribution in [0.3, 0.4) is 0 Å². The molecular formula is C16H26N2O3. The summed E-state index contributed by atoms with van der Waals surface area (Å²) >= 11 is 0. The number of ether oxygens (including phenoxy) is 2. The molecule has 0 radical (unpaired) electrons. The van der Waals surface area contributed by atoms with Crippen LogP contribution < -0.4 is 14.8 Å². The number of methoxy groups -OCH3 is 1. The second-order valence-corrected chi connectivity index (χ2v) is 6.17. The van der Waals surface area contributed by atoms with E-state index >= 15 is 0 Å². The van der Waals surface area contributed by atoms with Crippen LogP contribution in [0.5, 0.6) is 11.5 Å². The number of carbonyl (C=O) groups is 1. The van der Waals surface area contributed by atoms with Crippen molar-refractivity contribution in [2.75, 3.05) is 27.8 Å². The minimum Gasteiger partial charge on any atom is -0.493 e. The fourth-order valence-corrected chi connectivity index (χ4v) is 1.58. The molecule has 118 valence electrons. The van der Waals surface area contributed by atoms with E-state index in [-0.39, 0.29) is 18.1 Å². The second kappa shape index (κ2) is 7.31. The van der Waals surface area contributed by atoms with Gasteiger partial charge in [-0.1, -0.05) is 6.07 Å². The second-order valence-electron chi connectivity index (χ2n) is 6.17. The van der Waals surface area contributed by atoms with Crippen LogP contribution in [0.1, 0.15) is 26.3 Å². The zero-order valence-electron chi connectivity index (χ0n) is 13.8. The number of nitrogens with one attached hydrogen (secondary N) is 1. The van der Waals surface area contributed by atoms with Gasteiger partial charge in [0.15, 0.2) is 18.1 Å². The van der Waals surface area contributed by atoms with Crippen molar-refractivity contribution in [3.63, 3.8) is 0 Å². The molecule has 21 heavy (non-hydrogen) atoms. The summed E-state index contributed by atoms with van der Waals surface area (Å²) in [7, 11) is 4.99. The van der Waals surface area contributed by atoms with Crippen LogP contribution in [0.25, 0.3) is 0 Å². The number of carbonyl (C=O) groups excluding carboxylic acids is 1. The molecule has 1 aromatic rings. The molecule has 0 fully saturated rings. The molecule has 0 saturated heterocycles. The first-order valence-corrected chi connectivity index (χ1v) is 6.98. The summed E-state index contributed by atoms with van der Waals surface area (Å²) < 4.78 is 10.8. The molecular weight excluding hydrogens is 268 g/mol. The molecule has 0 unspecified atom stereocenters. The summed E-state index contributed by atoms with van der Waals surface area (Å²) in [6.45, 7) is 7.11. The molecule has 0 bridgehead atoms. The molecule has 5 heteroatoms. The van der Waals surface area contributed by atoms with Crippen LogP contribution >= 0.6 is 0 Å². The number of amides is 1. The lowest BCUT2D eigenvalue weighted by atomic mass is 10.1. The lowest BCUT2D eigenvalue weighted by Crippen LogP contribution is -2.35. The lowest BCUT2D eigenvalue weighted by molar-refractivity contribution is -0.130. The molecule has 0 aromatic heterocycles. The molecule has 1 N–H and O–H groups in total. The van der Waals surface area contributed by atoms with Crippen molar-refractivity contribution in [3.05, 3.63) is 23.8 Å². The maximum Gasteiger partial charge on any atom is 0.259 e. The quantitative estimate of drug-likeness (QED) is 0.872. The highest BCUT2D eigenvalue weighted by Crippen LogP contribution is 2.28. The largest absolute Gasteiger partial charge is 0.493 e. The molecule has 1 amide bonds. The molecule has 0 heterocycles. The van der Waals surface area contributed by atoms with E-state index in [1.807, 2.05) is 18.2 Å². The van der Waals surface area contributed by atoms with Gasteiger partial charge in [0, 0.05) is 26.2 Å². The van der Waals surface area contributed by atoms with Crippen molar-refractivity contribution < 1.29 is 14.3 Å². The Labute approximate surface area is 127 Å². The Balaban J connectivity index is 2.72. The molecule has 0 spiro atoms. The average Bonchev–Trinajstić information content (AvgIpc) is 2.41. The van der Waals surface area contributed by atoms with Gasteiger partial charge in [0.2, 0.25) is 0 Å². The van der Waals surface area contributed by atoms with E-state index in [9.17, 15) is 4.79 Å². The standard InChI is InChI=1S/C16H26N2O3/c1-16(2,3)17-10-12-7-8-13(14(9-12)20-6)21-11-15(19)18(4)5/h7-9,17H,10-11H2,1-6H3. The predicted molar refractivity (Wildman–Crippen MR) is 83.8 cm³/mol. The van der Waals surface area contributed by atoms with Gasteiger partial charge < -0.3 is 19.7 Å². The Morgan fingerprint density at radius 2 is 1.90 bits per heavy atom. The van der Waals surface area contributed by atoms with E-state index < -0.39 is 0 Å². The fourth-order valence-electron chi connectivity index (χ4n) is 1.58. The van der Waals surface area contributed by atoms with E-state index in [2.05, 4.69) is 26.1 Å². The topological polar surface area (TPSA) is 50.8 Å². The maximum atomic E-state index is 11.5. The zero-order valence-corrected chi connectivity index (χ0v) is 13.8. The number of nitrogens with zero attached hydrogens (tertiary/aromatic N) is 1. The van der Waals surface area contributed by atoms with E-state index in [1.54, 1.807) is 21.2 Å². The third-order valence-corrected chi connectivity index (χ3v) is 2.90. The van der Waals surface area contributed by atoms with Crippen LogP contribution in [-0.4, -0.2) is 44.2 Å². The first kappa shape index (κ1) is 17.3. The zero-order chi connectivity index (χ0) is 16.0. The van der Waals surface area contributed by atoms with Crippen molar-refractivity contribution in [2.24, 2.45) is 0 Å². The Morgan fingerprint density at radius 1 is 1.24 bits per heavy atom. The minimum absolute atomic E-state index is 0.00292. The van der Waals surface area contributed by atoms with Gasteiger partial charge in [-0.2, -0.15) is 0 Å². The van der Waals surface area contributed by atoms with E-state index in [0.717, 1.165) is 12.1 Å². The molecule has 5 nitrogen and oxygen atoms in total. The van der Waals surface area contributed by atoms with Gasteiger partial charge in [-0.05, 0) is 38.5 Å². The van der Waals surface area contributed by atoms with Gasteiger partial charge >= 0.3 is 0 Å². The predicted octanol–water partition coefficient (Wildman–Crippen LogP) is 2.05. The Hall–Kier alpha value is -1.75. The first-order chi connectivity index (χ1) is 9.73. The summed E-state index contributed by atoms with van der Waals surface area (Å²) in [5.74, 6) is 1.12. The summed E-state index contributed by atoms with van der Waals surface area (Å²) in [5.41, 5.74) is 1.16. The molecule has 0 aliphatic rings. The van der Waals surface area contributed by atoms with Gasteiger partial charge in [-0.25, -0.2) is 0 Å². The van der Waals surface area contributed by atoms with Crippen molar-refractivity contribution in [2.45, 2.75) is 32.9 Å². The summed E-state index contributed by atoms with van der Waals surface area (Å²) in [4.78, 5) is 13.0. The van der Waals surface area contributed by atoms with E-state index in [4.69, 9.17) is 9.47 Å². The van der Waals surface area contributed by atoms with Crippen molar-refractivity contribution in [3.8, 4) is 11.5 Å². The maximum absolute atomic E-state index is 11.5. The van der Waals surface area contributed by atoms with Gasteiger partial charge in [0.25, 0.3) is 5.91 Å². The van der Waals surface area contributed by atoms with Crippen molar-refractivity contribution in [1.82, 2.24) is 10.2 Å². The SMILES string of the molecule is COc1cc(CNC(C)(C)C)ccc1OCC(=O)N(C)C. The van der Waals surface area contributed by atoms with Crippen LogP contribution in [-0.2, 0) is 11.3 Å². The highest BCUT2D eigenvalue weighted by Gasteiger charge is 2.12. The number of benzene rings is 1. The lowest BCUT2D eigenvalue weighted by Gasteiger charge is -2.21. The monoisotopic (exact) mass is 294 g/mol. The molecule has 0 aliphatic heterocycles. The van der Waals surface area contributed by atoms with Crippen molar-refractivity contribution >= 4 is 5.91 Å². The average molecular weight is 294 g/mol. The van der Waals surface area contributed by atoms with Crippen LogP contribution in [0, 0.1) is 0 Å². The molecule has 0 atom stereocenters. The third-order valence-electron chi connectivity index (χ3n) is 2.90. The number of hydrogen-bond acceptors (Lipinski definition) is 4. The highest BCUT2D eigenvalue weighted by atomic mass is 16.5. The van der Waals surface area contributed by atoms with E-state index in [0.29, 0.717) is 11.5 Å². The van der Waals surface area contributed by atoms with Gasteiger partial charge in [-0.3, -0.25) is 4.79 Å². The van der Waals surface area contributed by atoms with E-state index in [1.165, 1.54) is 4.90 Å². The normalized spacial score (nSPS) is 11.1. The molecule has 0 aliphatic carbocycles. The van der Waals surface area contributed by atoms with Crippen LogP contribution in [0.2, 0.25) is 0 Å². The third kappa shape index (κ3) is 6.04. The fraction of sp³-hybridized carbons (Fsp3) is 0.562.